The summed E-state index contributed by atoms with van der Waals surface area (Å²) in [7, 11) is -1.19. The van der Waals surface area contributed by atoms with Gasteiger partial charge in [-0.05, 0) is 67.9 Å². The molecule has 1 amide bonds. The molecular formula is C24H26N2O5S. The largest absolute Gasteiger partial charge is 0.497 e. The zero-order chi connectivity index (χ0) is 23.3. The molecule has 7 nitrogen and oxygen atoms in total. The Balaban J connectivity index is 2.01. The van der Waals surface area contributed by atoms with Crippen molar-refractivity contribution in [1.82, 2.24) is 0 Å². The Morgan fingerprint density at radius 3 is 2.09 bits per heavy atom. The summed E-state index contributed by atoms with van der Waals surface area (Å²) in [4.78, 5) is 12.8. The number of hydrogen-bond acceptors (Lipinski definition) is 5. The fraction of sp³-hybridized carbons (Fsp3) is 0.208. The lowest BCUT2D eigenvalue weighted by Gasteiger charge is -2.25. The molecule has 0 fully saturated rings. The molecule has 168 valence electrons. The second-order valence-electron chi connectivity index (χ2n) is 7.28. The summed E-state index contributed by atoms with van der Waals surface area (Å²) in [6.07, 6.45) is 0. The maximum atomic E-state index is 13.7. The first kappa shape index (κ1) is 23.1. The van der Waals surface area contributed by atoms with Gasteiger partial charge in [0.1, 0.15) is 22.9 Å². The highest BCUT2D eigenvalue weighted by atomic mass is 32.2. The topological polar surface area (TPSA) is 84.9 Å². The number of rotatable bonds is 8. The third-order valence-corrected chi connectivity index (χ3v) is 6.67. The molecule has 32 heavy (non-hydrogen) atoms. The summed E-state index contributed by atoms with van der Waals surface area (Å²) in [5.74, 6) is 0.302. The van der Waals surface area contributed by atoms with Crippen molar-refractivity contribution in [3.63, 3.8) is 0 Å². The van der Waals surface area contributed by atoms with Crippen molar-refractivity contribution in [1.29, 1.82) is 0 Å². The van der Waals surface area contributed by atoms with E-state index in [1.165, 1.54) is 20.3 Å². The number of nitrogens with zero attached hydrogens (tertiary/aromatic N) is 1. The lowest BCUT2D eigenvalue weighted by Crippen LogP contribution is -2.38. The van der Waals surface area contributed by atoms with E-state index >= 15 is 0 Å². The third-order valence-electron chi connectivity index (χ3n) is 4.87. The molecule has 8 heteroatoms. The number of anilines is 2. The molecule has 0 aliphatic heterocycles. The van der Waals surface area contributed by atoms with E-state index in [0.717, 1.165) is 15.4 Å². The van der Waals surface area contributed by atoms with Crippen molar-refractivity contribution in [2.45, 2.75) is 18.7 Å². The fourth-order valence-corrected chi connectivity index (χ4v) is 4.80. The van der Waals surface area contributed by atoms with Crippen LogP contribution in [-0.2, 0) is 14.8 Å². The van der Waals surface area contributed by atoms with E-state index < -0.39 is 22.5 Å². The van der Waals surface area contributed by atoms with Gasteiger partial charge in [0, 0.05) is 5.69 Å². The van der Waals surface area contributed by atoms with E-state index in [4.69, 9.17) is 9.47 Å². The number of amides is 1. The molecule has 0 spiro atoms. The van der Waals surface area contributed by atoms with Crippen molar-refractivity contribution in [2.24, 2.45) is 0 Å². The molecule has 0 unspecified atom stereocenters. The third kappa shape index (κ3) is 5.20. The van der Waals surface area contributed by atoms with Crippen molar-refractivity contribution in [3.05, 3.63) is 77.9 Å². The fourth-order valence-electron chi connectivity index (χ4n) is 3.14. The van der Waals surface area contributed by atoms with Gasteiger partial charge in [0.25, 0.3) is 10.0 Å². The highest BCUT2D eigenvalue weighted by Gasteiger charge is 2.30. The van der Waals surface area contributed by atoms with Gasteiger partial charge in [-0.3, -0.25) is 9.10 Å². The van der Waals surface area contributed by atoms with E-state index in [2.05, 4.69) is 5.32 Å². The minimum Gasteiger partial charge on any atom is -0.497 e. The number of carbonyl (C=O) groups is 1. The number of sulfonamides is 1. The summed E-state index contributed by atoms with van der Waals surface area (Å²) in [6, 6.07) is 18.6. The zero-order valence-electron chi connectivity index (χ0n) is 18.5. The lowest BCUT2D eigenvalue weighted by atomic mass is 10.2. The maximum Gasteiger partial charge on any atom is 0.268 e. The Kier molecular flexibility index (Phi) is 7.05. The van der Waals surface area contributed by atoms with Crippen LogP contribution in [0.1, 0.15) is 11.1 Å². The zero-order valence-corrected chi connectivity index (χ0v) is 19.3. The maximum absolute atomic E-state index is 13.7. The second-order valence-corrected chi connectivity index (χ2v) is 9.11. The molecule has 0 bridgehead atoms. The normalized spacial score (nSPS) is 11.0. The number of aryl methyl sites for hydroxylation is 2. The second kappa shape index (κ2) is 9.74. The van der Waals surface area contributed by atoms with Crippen LogP contribution in [0.2, 0.25) is 0 Å². The van der Waals surface area contributed by atoms with Gasteiger partial charge < -0.3 is 14.8 Å². The van der Waals surface area contributed by atoms with Crippen LogP contribution in [-0.4, -0.2) is 35.1 Å². The molecule has 0 aliphatic rings. The summed E-state index contributed by atoms with van der Waals surface area (Å²) < 4.78 is 38.9. The Labute approximate surface area is 188 Å². The number of methoxy groups -OCH3 is 2. The summed E-state index contributed by atoms with van der Waals surface area (Å²) in [5, 5.41) is 2.75. The number of ether oxygens (including phenoxy) is 2. The van der Waals surface area contributed by atoms with E-state index in [1.54, 1.807) is 55.5 Å². The lowest BCUT2D eigenvalue weighted by molar-refractivity contribution is -0.114. The minimum absolute atomic E-state index is 0.0149. The van der Waals surface area contributed by atoms with Gasteiger partial charge >= 0.3 is 0 Å². The van der Waals surface area contributed by atoms with Crippen LogP contribution in [0.25, 0.3) is 0 Å². The number of nitrogens with one attached hydrogen (secondary N) is 1. The van der Waals surface area contributed by atoms with E-state index in [9.17, 15) is 13.2 Å². The van der Waals surface area contributed by atoms with E-state index in [0.29, 0.717) is 17.1 Å². The minimum atomic E-state index is -4.13. The number of benzene rings is 3. The van der Waals surface area contributed by atoms with Gasteiger partial charge in [-0.25, -0.2) is 8.42 Å². The van der Waals surface area contributed by atoms with Gasteiger partial charge in [-0.1, -0.05) is 23.8 Å². The smallest absolute Gasteiger partial charge is 0.268 e. The Hall–Kier alpha value is -3.52. The van der Waals surface area contributed by atoms with E-state index in [-0.39, 0.29) is 10.6 Å². The molecule has 3 aromatic carbocycles. The Morgan fingerprint density at radius 2 is 1.50 bits per heavy atom. The Bertz CT molecular complexity index is 1190. The standard InChI is InChI=1S/C24H26N2O5S/c1-17-5-8-19(9-6-17)25-24(27)16-26(20-10-12-21(30-3)13-11-20)32(28,29)23-15-18(2)7-14-22(23)31-4/h5-15H,16H2,1-4H3,(H,25,27). The number of carbonyl (C=O) groups excluding carboxylic acids is 1. The molecule has 0 aromatic heterocycles. The first-order chi connectivity index (χ1) is 15.2. The van der Waals surface area contributed by atoms with Gasteiger partial charge in [0.15, 0.2) is 0 Å². The molecule has 0 heterocycles. The molecule has 0 radical (unpaired) electrons. The van der Waals surface area contributed by atoms with E-state index in [1.807, 2.05) is 19.1 Å². The first-order valence-corrected chi connectivity index (χ1v) is 11.4. The van der Waals surface area contributed by atoms with Crippen molar-refractivity contribution in [2.75, 3.05) is 30.4 Å². The van der Waals surface area contributed by atoms with Crippen LogP contribution in [0.15, 0.2) is 71.6 Å². The summed E-state index contributed by atoms with van der Waals surface area (Å²) in [6.45, 7) is 3.32. The number of hydrogen-bond donors (Lipinski definition) is 1. The molecular weight excluding hydrogens is 428 g/mol. The van der Waals surface area contributed by atoms with Crippen LogP contribution >= 0.6 is 0 Å². The predicted molar refractivity (Wildman–Crippen MR) is 125 cm³/mol. The highest BCUT2D eigenvalue weighted by Crippen LogP contribution is 2.31. The van der Waals surface area contributed by atoms with Gasteiger partial charge in [-0.2, -0.15) is 0 Å². The molecule has 0 saturated heterocycles. The van der Waals surface area contributed by atoms with Crippen LogP contribution in [0.4, 0.5) is 11.4 Å². The SMILES string of the molecule is COc1ccc(N(CC(=O)Nc2ccc(C)cc2)S(=O)(=O)c2cc(C)ccc2OC)cc1. The first-order valence-electron chi connectivity index (χ1n) is 9.92. The predicted octanol–water partition coefficient (Wildman–Crippen LogP) is 4.15. The average Bonchev–Trinajstić information content (AvgIpc) is 2.79. The van der Waals surface area contributed by atoms with Crippen molar-refractivity contribution < 1.29 is 22.7 Å². The van der Waals surface area contributed by atoms with Gasteiger partial charge in [0.05, 0.1) is 19.9 Å². The summed E-state index contributed by atoms with van der Waals surface area (Å²) >= 11 is 0. The van der Waals surface area contributed by atoms with Gasteiger partial charge in [-0.15, -0.1) is 0 Å². The highest BCUT2D eigenvalue weighted by molar-refractivity contribution is 7.93. The van der Waals surface area contributed by atoms with Crippen LogP contribution in [0.5, 0.6) is 11.5 Å². The van der Waals surface area contributed by atoms with Crippen molar-refractivity contribution >= 4 is 27.3 Å². The van der Waals surface area contributed by atoms with Crippen LogP contribution < -0.4 is 19.1 Å². The van der Waals surface area contributed by atoms with Crippen LogP contribution in [0, 0.1) is 13.8 Å². The molecule has 1 N–H and O–H groups in total. The van der Waals surface area contributed by atoms with Crippen LogP contribution in [0.3, 0.4) is 0 Å². The molecule has 0 aliphatic carbocycles. The van der Waals surface area contributed by atoms with Crippen molar-refractivity contribution in [3.8, 4) is 11.5 Å². The monoisotopic (exact) mass is 454 g/mol. The average molecular weight is 455 g/mol. The van der Waals surface area contributed by atoms with Gasteiger partial charge in [0.2, 0.25) is 5.91 Å². The molecule has 0 atom stereocenters. The summed E-state index contributed by atoms with van der Waals surface area (Å²) in [5.41, 5.74) is 2.72. The quantitative estimate of drug-likeness (QED) is 0.553. The molecule has 0 saturated carbocycles. The molecule has 3 aromatic rings. The Morgan fingerprint density at radius 1 is 0.875 bits per heavy atom. The molecule has 3 rings (SSSR count).